The Morgan fingerprint density at radius 3 is 2.67 bits per heavy atom. The van der Waals surface area contributed by atoms with Gasteiger partial charge in [-0.15, -0.1) is 0 Å². The molecule has 0 spiro atoms. The van der Waals surface area contributed by atoms with Crippen LogP contribution in [0.4, 0.5) is 0 Å². The number of hydrogen-bond donors (Lipinski definition) is 0. The van der Waals surface area contributed by atoms with Gasteiger partial charge in [-0.1, -0.05) is 56.5 Å². The highest BCUT2D eigenvalue weighted by atomic mass is 79.9. The SMILES string of the molecule is CC(CBr)c1ccc(Br)cc1Cl. The first-order valence-corrected chi connectivity index (χ1v) is 5.95. The van der Waals surface area contributed by atoms with Gasteiger partial charge in [0.05, 0.1) is 0 Å². The maximum Gasteiger partial charge on any atom is 0.0452 e. The summed E-state index contributed by atoms with van der Waals surface area (Å²) in [5.74, 6) is 0.464. The molecule has 0 aliphatic carbocycles. The quantitative estimate of drug-likeness (QED) is 0.700. The van der Waals surface area contributed by atoms with Gasteiger partial charge in [0.2, 0.25) is 0 Å². The second-order valence-electron chi connectivity index (χ2n) is 2.72. The molecule has 0 saturated heterocycles. The fourth-order valence-corrected chi connectivity index (χ4v) is 2.19. The molecule has 0 aromatic heterocycles. The molecule has 0 saturated carbocycles. The molecule has 0 N–H and O–H groups in total. The molecule has 0 amide bonds. The van der Waals surface area contributed by atoms with Crippen LogP contribution in [-0.2, 0) is 0 Å². The summed E-state index contributed by atoms with van der Waals surface area (Å²) in [6, 6.07) is 5.99. The first-order chi connectivity index (χ1) is 5.65. The van der Waals surface area contributed by atoms with Crippen molar-refractivity contribution in [1.29, 1.82) is 0 Å². The van der Waals surface area contributed by atoms with E-state index in [4.69, 9.17) is 11.6 Å². The monoisotopic (exact) mass is 310 g/mol. The number of rotatable bonds is 2. The predicted octanol–water partition coefficient (Wildman–Crippen LogP) is 4.60. The van der Waals surface area contributed by atoms with Gasteiger partial charge in [0.15, 0.2) is 0 Å². The van der Waals surface area contributed by atoms with E-state index in [1.807, 2.05) is 12.1 Å². The molecule has 1 unspecified atom stereocenters. The molecule has 66 valence electrons. The Morgan fingerprint density at radius 1 is 1.50 bits per heavy atom. The van der Waals surface area contributed by atoms with Crippen molar-refractivity contribution in [2.75, 3.05) is 5.33 Å². The lowest BCUT2D eigenvalue weighted by atomic mass is 10.0. The molecule has 0 heterocycles. The molecule has 1 aromatic rings. The summed E-state index contributed by atoms with van der Waals surface area (Å²) >= 11 is 12.9. The van der Waals surface area contributed by atoms with Crippen molar-refractivity contribution < 1.29 is 0 Å². The lowest BCUT2D eigenvalue weighted by molar-refractivity contribution is 0.888. The highest BCUT2D eigenvalue weighted by Crippen LogP contribution is 2.28. The summed E-state index contributed by atoms with van der Waals surface area (Å²) in [5, 5.41) is 1.77. The minimum atomic E-state index is 0.464. The number of hydrogen-bond acceptors (Lipinski definition) is 0. The van der Waals surface area contributed by atoms with Crippen molar-refractivity contribution in [3.63, 3.8) is 0 Å². The van der Waals surface area contributed by atoms with Crippen molar-refractivity contribution in [3.05, 3.63) is 33.3 Å². The van der Waals surface area contributed by atoms with E-state index in [9.17, 15) is 0 Å². The van der Waals surface area contributed by atoms with E-state index in [1.54, 1.807) is 0 Å². The summed E-state index contributed by atoms with van der Waals surface area (Å²) in [5.41, 5.74) is 1.19. The van der Waals surface area contributed by atoms with Gasteiger partial charge >= 0.3 is 0 Å². The molecule has 0 bridgehead atoms. The molecule has 0 fully saturated rings. The highest BCUT2D eigenvalue weighted by molar-refractivity contribution is 9.10. The maximum absolute atomic E-state index is 6.05. The lowest BCUT2D eigenvalue weighted by Crippen LogP contribution is -1.94. The minimum absolute atomic E-state index is 0.464. The third-order valence-corrected chi connectivity index (χ3v) is 3.52. The zero-order valence-electron chi connectivity index (χ0n) is 6.65. The van der Waals surface area contributed by atoms with Crippen LogP contribution in [0, 0.1) is 0 Å². The van der Waals surface area contributed by atoms with Gasteiger partial charge in [-0.2, -0.15) is 0 Å². The normalized spacial score (nSPS) is 13.0. The lowest BCUT2D eigenvalue weighted by Gasteiger charge is -2.09. The van der Waals surface area contributed by atoms with Crippen LogP contribution < -0.4 is 0 Å². The molecular weight excluding hydrogens is 303 g/mol. The summed E-state index contributed by atoms with van der Waals surface area (Å²) in [6.45, 7) is 2.14. The Kier molecular flexibility index (Phi) is 4.08. The van der Waals surface area contributed by atoms with E-state index in [0.29, 0.717) is 5.92 Å². The van der Waals surface area contributed by atoms with Crippen molar-refractivity contribution in [2.24, 2.45) is 0 Å². The van der Waals surface area contributed by atoms with Crippen LogP contribution in [0.3, 0.4) is 0 Å². The molecule has 1 atom stereocenters. The average Bonchev–Trinajstić information content (AvgIpc) is 2.03. The third kappa shape index (κ3) is 2.48. The zero-order chi connectivity index (χ0) is 9.14. The standard InChI is InChI=1S/C9H9Br2Cl/c1-6(5-10)8-3-2-7(11)4-9(8)12/h2-4,6H,5H2,1H3. The number of halogens is 3. The van der Waals surface area contributed by atoms with Gasteiger partial charge in [-0.05, 0) is 23.6 Å². The van der Waals surface area contributed by atoms with Crippen LogP contribution in [0.1, 0.15) is 18.4 Å². The van der Waals surface area contributed by atoms with Crippen LogP contribution in [-0.4, -0.2) is 5.33 Å². The number of alkyl halides is 1. The van der Waals surface area contributed by atoms with E-state index in [-0.39, 0.29) is 0 Å². The van der Waals surface area contributed by atoms with Gasteiger partial charge in [-0.25, -0.2) is 0 Å². The highest BCUT2D eigenvalue weighted by Gasteiger charge is 2.07. The smallest absolute Gasteiger partial charge is 0.0452 e. The zero-order valence-corrected chi connectivity index (χ0v) is 10.6. The van der Waals surface area contributed by atoms with E-state index in [1.165, 1.54) is 5.56 Å². The molecule has 0 aliphatic rings. The molecule has 1 rings (SSSR count). The van der Waals surface area contributed by atoms with E-state index in [2.05, 4.69) is 44.8 Å². The van der Waals surface area contributed by atoms with Gasteiger partial charge in [0.1, 0.15) is 0 Å². The Bertz CT molecular complexity index is 273. The van der Waals surface area contributed by atoms with Crippen molar-refractivity contribution in [1.82, 2.24) is 0 Å². The van der Waals surface area contributed by atoms with E-state index in [0.717, 1.165) is 14.8 Å². The first kappa shape index (κ1) is 10.6. The van der Waals surface area contributed by atoms with E-state index < -0.39 is 0 Å². The molecule has 0 aliphatic heterocycles. The largest absolute Gasteiger partial charge is 0.0922 e. The fourth-order valence-electron chi connectivity index (χ4n) is 0.984. The van der Waals surface area contributed by atoms with Crippen molar-refractivity contribution >= 4 is 43.5 Å². The average molecular weight is 312 g/mol. The molecular formula is C9H9Br2Cl. The Labute approximate surface area is 94.6 Å². The van der Waals surface area contributed by atoms with Gasteiger partial charge in [0, 0.05) is 14.8 Å². The molecule has 0 radical (unpaired) electrons. The minimum Gasteiger partial charge on any atom is -0.0922 e. The third-order valence-electron chi connectivity index (χ3n) is 1.72. The van der Waals surface area contributed by atoms with Crippen LogP contribution in [0.2, 0.25) is 5.02 Å². The molecule has 1 aromatic carbocycles. The predicted molar refractivity (Wildman–Crippen MR) is 61.4 cm³/mol. The molecule has 3 heteroatoms. The summed E-state index contributed by atoms with van der Waals surface area (Å²) < 4.78 is 1.03. The second kappa shape index (κ2) is 4.64. The van der Waals surface area contributed by atoms with Gasteiger partial charge < -0.3 is 0 Å². The van der Waals surface area contributed by atoms with E-state index >= 15 is 0 Å². The summed E-state index contributed by atoms with van der Waals surface area (Å²) in [4.78, 5) is 0. The summed E-state index contributed by atoms with van der Waals surface area (Å²) in [7, 11) is 0. The first-order valence-electron chi connectivity index (χ1n) is 3.66. The summed E-state index contributed by atoms with van der Waals surface area (Å²) in [6.07, 6.45) is 0. The molecule has 12 heavy (non-hydrogen) atoms. The Balaban J connectivity index is 3.01. The van der Waals surface area contributed by atoms with Crippen LogP contribution in [0.25, 0.3) is 0 Å². The van der Waals surface area contributed by atoms with Gasteiger partial charge in [0.25, 0.3) is 0 Å². The molecule has 0 nitrogen and oxygen atoms in total. The van der Waals surface area contributed by atoms with Crippen LogP contribution in [0.5, 0.6) is 0 Å². The number of benzene rings is 1. The van der Waals surface area contributed by atoms with Crippen molar-refractivity contribution in [2.45, 2.75) is 12.8 Å². The van der Waals surface area contributed by atoms with Crippen molar-refractivity contribution in [3.8, 4) is 0 Å². The Morgan fingerprint density at radius 2 is 2.17 bits per heavy atom. The fraction of sp³-hybridized carbons (Fsp3) is 0.333. The second-order valence-corrected chi connectivity index (χ2v) is 4.69. The maximum atomic E-state index is 6.05. The van der Waals surface area contributed by atoms with Crippen LogP contribution in [0.15, 0.2) is 22.7 Å². The van der Waals surface area contributed by atoms with Gasteiger partial charge in [-0.3, -0.25) is 0 Å². The van der Waals surface area contributed by atoms with Crippen LogP contribution >= 0.6 is 43.5 Å². The topological polar surface area (TPSA) is 0 Å². The Hall–Kier alpha value is 0.470.